The molecule has 5 heteroatoms. The molecular formula is C13H14N2OS2. The van der Waals surface area contributed by atoms with Crippen LogP contribution in [0.2, 0.25) is 0 Å². The Morgan fingerprint density at radius 2 is 2.06 bits per heavy atom. The first-order chi connectivity index (χ1) is 8.56. The van der Waals surface area contributed by atoms with E-state index in [0.29, 0.717) is 5.56 Å². The van der Waals surface area contributed by atoms with E-state index in [9.17, 15) is 4.79 Å². The van der Waals surface area contributed by atoms with E-state index >= 15 is 0 Å². The van der Waals surface area contributed by atoms with E-state index in [-0.39, 0.29) is 11.9 Å². The molecule has 1 amide bonds. The van der Waals surface area contributed by atoms with Crippen LogP contribution in [0.5, 0.6) is 0 Å². The zero-order valence-corrected chi connectivity index (χ0v) is 11.9. The van der Waals surface area contributed by atoms with Crippen LogP contribution in [0.3, 0.4) is 0 Å². The fourth-order valence-corrected chi connectivity index (χ4v) is 2.45. The van der Waals surface area contributed by atoms with Crippen molar-refractivity contribution in [3.8, 4) is 0 Å². The van der Waals surface area contributed by atoms with Crippen LogP contribution >= 0.6 is 24.0 Å². The zero-order valence-electron chi connectivity index (χ0n) is 10.2. The summed E-state index contributed by atoms with van der Waals surface area (Å²) in [5.41, 5.74) is 0.632. The predicted octanol–water partition coefficient (Wildman–Crippen LogP) is 3.23. The third-order valence-electron chi connectivity index (χ3n) is 2.49. The molecule has 3 nitrogen and oxygen atoms in total. The molecule has 0 aliphatic carbocycles. The number of aromatic nitrogens is 1. The minimum Gasteiger partial charge on any atom is -0.343 e. The highest BCUT2D eigenvalue weighted by molar-refractivity contribution is 7.80. The summed E-state index contributed by atoms with van der Waals surface area (Å²) in [6.45, 7) is 3.93. The van der Waals surface area contributed by atoms with Crippen molar-refractivity contribution in [3.05, 3.63) is 45.9 Å². The smallest absolute Gasteiger partial charge is 0.251 e. The first-order valence-electron chi connectivity index (χ1n) is 5.58. The third-order valence-corrected chi connectivity index (χ3v) is 3.88. The molecule has 2 rings (SSSR count). The summed E-state index contributed by atoms with van der Waals surface area (Å²) in [7, 11) is 0. The van der Waals surface area contributed by atoms with E-state index in [4.69, 9.17) is 0 Å². The van der Waals surface area contributed by atoms with Crippen molar-refractivity contribution < 1.29 is 4.79 Å². The van der Waals surface area contributed by atoms with Crippen LogP contribution < -0.4 is 5.32 Å². The van der Waals surface area contributed by atoms with Gasteiger partial charge in [-0.05, 0) is 38.1 Å². The normalized spacial score (nSPS) is 12.2. The number of thiol groups is 1. The van der Waals surface area contributed by atoms with Crippen LogP contribution in [0.1, 0.15) is 33.2 Å². The average Bonchev–Trinajstić information content (AvgIpc) is 2.76. The first-order valence-corrected chi connectivity index (χ1v) is 6.85. The number of nitrogens with one attached hydrogen (secondary N) is 1. The zero-order chi connectivity index (χ0) is 13.1. The average molecular weight is 278 g/mol. The summed E-state index contributed by atoms with van der Waals surface area (Å²) in [6, 6.07) is 7.05. The molecule has 1 atom stereocenters. The Morgan fingerprint density at radius 1 is 1.39 bits per heavy atom. The maximum atomic E-state index is 12.0. The molecule has 0 aliphatic rings. The number of carbonyl (C=O) groups is 1. The van der Waals surface area contributed by atoms with Crippen LogP contribution in [0, 0.1) is 6.92 Å². The number of hydrogen-bond donors (Lipinski definition) is 2. The lowest BCUT2D eigenvalue weighted by Crippen LogP contribution is -2.26. The SMILES string of the molecule is Cc1cnc(C(C)NC(=O)c2ccc(S)cc2)s1. The maximum Gasteiger partial charge on any atom is 0.251 e. The molecule has 0 radical (unpaired) electrons. The van der Waals surface area contributed by atoms with Crippen molar-refractivity contribution in [1.29, 1.82) is 0 Å². The quantitative estimate of drug-likeness (QED) is 0.846. The van der Waals surface area contributed by atoms with Crippen LogP contribution in [0.4, 0.5) is 0 Å². The predicted molar refractivity (Wildman–Crippen MR) is 76.4 cm³/mol. The lowest BCUT2D eigenvalue weighted by Gasteiger charge is -2.11. The van der Waals surface area contributed by atoms with Gasteiger partial charge in [-0.15, -0.1) is 24.0 Å². The first kappa shape index (κ1) is 13.1. The minimum atomic E-state index is -0.0938. The summed E-state index contributed by atoms with van der Waals surface area (Å²) in [4.78, 5) is 18.2. The Balaban J connectivity index is 2.05. The van der Waals surface area contributed by atoms with Gasteiger partial charge in [-0.2, -0.15) is 0 Å². The highest BCUT2D eigenvalue weighted by Gasteiger charge is 2.13. The molecule has 0 fully saturated rings. The van der Waals surface area contributed by atoms with Gasteiger partial charge < -0.3 is 5.32 Å². The number of benzene rings is 1. The number of nitrogens with zero attached hydrogens (tertiary/aromatic N) is 1. The second kappa shape index (κ2) is 5.54. The molecule has 94 valence electrons. The van der Waals surface area contributed by atoms with E-state index < -0.39 is 0 Å². The standard InChI is InChI=1S/C13H14N2OS2/c1-8-7-14-13(18-8)9(2)15-12(16)10-3-5-11(17)6-4-10/h3-7,9,17H,1-2H3,(H,15,16). The second-order valence-electron chi connectivity index (χ2n) is 4.05. The molecule has 1 aromatic heterocycles. The van der Waals surface area contributed by atoms with Crippen molar-refractivity contribution in [1.82, 2.24) is 10.3 Å². The number of hydrogen-bond acceptors (Lipinski definition) is 4. The number of rotatable bonds is 3. The fourth-order valence-electron chi connectivity index (χ4n) is 1.53. The molecule has 0 saturated heterocycles. The van der Waals surface area contributed by atoms with Gasteiger partial charge in [-0.25, -0.2) is 4.98 Å². The summed E-state index contributed by atoms with van der Waals surface area (Å²) in [6.07, 6.45) is 1.82. The van der Waals surface area contributed by atoms with Gasteiger partial charge in [-0.3, -0.25) is 4.79 Å². The number of carbonyl (C=O) groups excluding carboxylic acids is 1. The van der Waals surface area contributed by atoms with E-state index in [1.54, 1.807) is 35.6 Å². The maximum absolute atomic E-state index is 12.0. The molecule has 0 bridgehead atoms. The van der Waals surface area contributed by atoms with Crippen molar-refractivity contribution in [2.45, 2.75) is 24.8 Å². The monoisotopic (exact) mass is 278 g/mol. The van der Waals surface area contributed by atoms with Crippen LogP contribution in [-0.2, 0) is 0 Å². The lowest BCUT2D eigenvalue weighted by atomic mass is 10.2. The van der Waals surface area contributed by atoms with E-state index in [1.807, 2.05) is 20.0 Å². The molecule has 18 heavy (non-hydrogen) atoms. The third kappa shape index (κ3) is 3.11. The highest BCUT2D eigenvalue weighted by Crippen LogP contribution is 2.19. The van der Waals surface area contributed by atoms with Crippen molar-refractivity contribution >= 4 is 29.9 Å². The van der Waals surface area contributed by atoms with Gasteiger partial charge in [0.25, 0.3) is 5.91 Å². The van der Waals surface area contributed by atoms with Gasteiger partial charge in [-0.1, -0.05) is 0 Å². The number of thiazole rings is 1. The largest absolute Gasteiger partial charge is 0.343 e. The van der Waals surface area contributed by atoms with Gasteiger partial charge in [0, 0.05) is 21.5 Å². The Bertz CT molecular complexity index is 548. The lowest BCUT2D eigenvalue weighted by molar-refractivity contribution is 0.0940. The number of aryl methyl sites for hydroxylation is 1. The Hall–Kier alpha value is -1.33. The Kier molecular flexibility index (Phi) is 4.04. The van der Waals surface area contributed by atoms with Gasteiger partial charge in [0.1, 0.15) is 5.01 Å². The van der Waals surface area contributed by atoms with Gasteiger partial charge in [0.15, 0.2) is 0 Å². The molecule has 1 heterocycles. The molecular weight excluding hydrogens is 264 g/mol. The van der Waals surface area contributed by atoms with Crippen molar-refractivity contribution in [2.75, 3.05) is 0 Å². The molecule has 0 aliphatic heterocycles. The molecule has 1 N–H and O–H groups in total. The molecule has 1 unspecified atom stereocenters. The minimum absolute atomic E-state index is 0.0770. The van der Waals surface area contributed by atoms with Crippen molar-refractivity contribution in [3.63, 3.8) is 0 Å². The summed E-state index contributed by atoms with van der Waals surface area (Å²) in [5, 5.41) is 3.85. The fraction of sp³-hybridized carbons (Fsp3) is 0.231. The topological polar surface area (TPSA) is 42.0 Å². The van der Waals surface area contributed by atoms with E-state index in [1.165, 1.54) is 0 Å². The van der Waals surface area contributed by atoms with Crippen LogP contribution in [0.15, 0.2) is 35.4 Å². The van der Waals surface area contributed by atoms with Crippen LogP contribution in [-0.4, -0.2) is 10.9 Å². The van der Waals surface area contributed by atoms with Gasteiger partial charge >= 0.3 is 0 Å². The van der Waals surface area contributed by atoms with Gasteiger partial charge in [0.05, 0.1) is 6.04 Å². The summed E-state index contributed by atoms with van der Waals surface area (Å²) >= 11 is 5.79. The molecule has 1 aromatic carbocycles. The summed E-state index contributed by atoms with van der Waals surface area (Å²) in [5.74, 6) is -0.0938. The second-order valence-corrected chi connectivity index (χ2v) is 5.83. The van der Waals surface area contributed by atoms with Crippen molar-refractivity contribution in [2.24, 2.45) is 0 Å². The Morgan fingerprint density at radius 3 is 2.61 bits per heavy atom. The van der Waals surface area contributed by atoms with Crippen LogP contribution in [0.25, 0.3) is 0 Å². The van der Waals surface area contributed by atoms with E-state index in [2.05, 4.69) is 22.9 Å². The molecule has 0 saturated carbocycles. The number of amides is 1. The molecule has 2 aromatic rings. The molecule has 0 spiro atoms. The Labute approximate surface area is 116 Å². The van der Waals surface area contributed by atoms with Gasteiger partial charge in [0.2, 0.25) is 0 Å². The summed E-state index contributed by atoms with van der Waals surface area (Å²) < 4.78 is 0. The van der Waals surface area contributed by atoms with E-state index in [0.717, 1.165) is 14.8 Å². The highest BCUT2D eigenvalue weighted by atomic mass is 32.1.